The number of hydrogen-bond acceptors (Lipinski definition) is 6. The van der Waals surface area contributed by atoms with E-state index in [0.717, 1.165) is 16.9 Å². The van der Waals surface area contributed by atoms with Crippen LogP contribution in [-0.2, 0) is 0 Å². The third kappa shape index (κ3) is 7.90. The molecule has 0 aromatic carbocycles. The third-order valence-corrected chi connectivity index (χ3v) is 8.57. The lowest BCUT2D eigenvalue weighted by Gasteiger charge is -2.34. The number of rotatable bonds is 8. The Kier molecular flexibility index (Phi) is 10.1. The molecular formula is C18H37N3S3. The van der Waals surface area contributed by atoms with Gasteiger partial charge in [-0.2, -0.15) is 11.8 Å². The van der Waals surface area contributed by atoms with Gasteiger partial charge in [0.05, 0.1) is 5.04 Å². The van der Waals surface area contributed by atoms with Gasteiger partial charge in [-0.15, -0.1) is 0 Å². The van der Waals surface area contributed by atoms with Crippen molar-refractivity contribution >= 4 is 38.6 Å². The molecule has 0 aromatic heterocycles. The van der Waals surface area contributed by atoms with Crippen LogP contribution in [0.2, 0.25) is 0 Å². The van der Waals surface area contributed by atoms with Gasteiger partial charge in [-0.1, -0.05) is 41.5 Å². The largest absolute Gasteiger partial charge is 0.327 e. The molecule has 1 aliphatic rings. The predicted octanol–water partition coefficient (Wildman–Crippen LogP) is 5.32. The van der Waals surface area contributed by atoms with Crippen molar-refractivity contribution in [1.82, 2.24) is 4.31 Å². The summed E-state index contributed by atoms with van der Waals surface area (Å²) in [5.74, 6) is 0.510. The van der Waals surface area contributed by atoms with Crippen LogP contribution in [0.5, 0.6) is 0 Å². The molecule has 24 heavy (non-hydrogen) atoms. The van der Waals surface area contributed by atoms with E-state index >= 15 is 0 Å². The Hall–Kier alpha value is 0.640. The average Bonchev–Trinajstić information content (AvgIpc) is 2.46. The van der Waals surface area contributed by atoms with Crippen molar-refractivity contribution in [3.63, 3.8) is 0 Å². The molecule has 1 aliphatic heterocycles. The molecule has 0 aromatic rings. The summed E-state index contributed by atoms with van der Waals surface area (Å²) < 4.78 is 2.53. The summed E-state index contributed by atoms with van der Waals surface area (Å²) in [6, 6.07) is 0.226. The highest BCUT2D eigenvalue weighted by molar-refractivity contribution is 8.81. The molecule has 2 unspecified atom stereocenters. The summed E-state index contributed by atoms with van der Waals surface area (Å²) >= 11 is 2.13. The first kappa shape index (κ1) is 22.7. The second-order valence-electron chi connectivity index (χ2n) is 8.02. The van der Waals surface area contributed by atoms with E-state index in [1.807, 2.05) is 28.8 Å². The molecule has 0 radical (unpaired) electrons. The van der Waals surface area contributed by atoms with Crippen molar-refractivity contribution in [2.45, 2.75) is 77.3 Å². The van der Waals surface area contributed by atoms with Gasteiger partial charge in [0.2, 0.25) is 0 Å². The van der Waals surface area contributed by atoms with Crippen molar-refractivity contribution in [2.75, 3.05) is 20.1 Å². The number of thioether (sulfide) groups is 1. The van der Waals surface area contributed by atoms with Crippen molar-refractivity contribution in [3.8, 4) is 0 Å². The average molecular weight is 392 g/mol. The molecule has 6 heteroatoms. The summed E-state index contributed by atoms with van der Waals surface area (Å²) in [6.45, 7) is 15.9. The minimum Gasteiger partial charge on any atom is -0.327 e. The molecule has 0 spiro atoms. The van der Waals surface area contributed by atoms with Crippen molar-refractivity contribution in [3.05, 3.63) is 0 Å². The van der Waals surface area contributed by atoms with E-state index in [2.05, 4.69) is 62.6 Å². The highest BCUT2D eigenvalue weighted by Crippen LogP contribution is 2.40. The van der Waals surface area contributed by atoms with E-state index < -0.39 is 0 Å². The fourth-order valence-electron chi connectivity index (χ4n) is 2.92. The van der Waals surface area contributed by atoms with Crippen LogP contribution in [0.3, 0.4) is 0 Å². The van der Waals surface area contributed by atoms with Crippen molar-refractivity contribution in [1.29, 1.82) is 0 Å². The molecule has 0 aliphatic carbocycles. The van der Waals surface area contributed by atoms with Gasteiger partial charge < -0.3 is 5.73 Å². The zero-order valence-electron chi connectivity index (χ0n) is 16.5. The quantitative estimate of drug-likeness (QED) is 0.262. The van der Waals surface area contributed by atoms with Crippen LogP contribution in [0.1, 0.15) is 60.8 Å². The Morgan fingerprint density at radius 1 is 1.29 bits per heavy atom. The monoisotopic (exact) mass is 391 g/mol. The van der Waals surface area contributed by atoms with Gasteiger partial charge in [0.15, 0.2) is 0 Å². The predicted molar refractivity (Wildman–Crippen MR) is 117 cm³/mol. The summed E-state index contributed by atoms with van der Waals surface area (Å²) in [4.78, 5) is 4.60. The smallest absolute Gasteiger partial charge is 0.0848 e. The summed E-state index contributed by atoms with van der Waals surface area (Å²) in [5.41, 5.74) is 6.35. The van der Waals surface area contributed by atoms with Crippen LogP contribution in [0.25, 0.3) is 0 Å². The molecule has 1 rings (SSSR count). The lowest BCUT2D eigenvalue weighted by atomic mass is 9.83. The summed E-state index contributed by atoms with van der Waals surface area (Å²) in [5, 5.41) is 2.70. The van der Waals surface area contributed by atoms with E-state index in [-0.39, 0.29) is 11.5 Å². The maximum Gasteiger partial charge on any atom is 0.0848 e. The van der Waals surface area contributed by atoms with Crippen LogP contribution >= 0.6 is 33.5 Å². The van der Waals surface area contributed by atoms with Crippen LogP contribution < -0.4 is 5.73 Å². The highest BCUT2D eigenvalue weighted by atomic mass is 33.1. The maximum absolute atomic E-state index is 6.31. The van der Waals surface area contributed by atoms with Gasteiger partial charge >= 0.3 is 0 Å². The van der Waals surface area contributed by atoms with E-state index in [1.165, 1.54) is 31.0 Å². The number of piperidine rings is 1. The van der Waals surface area contributed by atoms with Gasteiger partial charge in [-0.05, 0) is 52.2 Å². The Labute approximate surface area is 162 Å². The van der Waals surface area contributed by atoms with Gasteiger partial charge in [0, 0.05) is 36.8 Å². The number of nitrogens with zero attached hydrogens (tertiary/aromatic N) is 2. The molecule has 2 N–H and O–H groups in total. The van der Waals surface area contributed by atoms with E-state index in [4.69, 9.17) is 5.73 Å². The van der Waals surface area contributed by atoms with E-state index in [1.54, 1.807) is 0 Å². The Morgan fingerprint density at radius 3 is 2.50 bits per heavy atom. The molecule has 2 atom stereocenters. The lowest BCUT2D eigenvalue weighted by molar-refractivity contribution is 0.361. The summed E-state index contributed by atoms with van der Waals surface area (Å²) in [7, 11) is 5.64. The number of nitrogens with two attached hydrogens (primary N) is 1. The first-order valence-corrected chi connectivity index (χ1v) is 12.2. The third-order valence-electron chi connectivity index (χ3n) is 4.41. The second kappa shape index (κ2) is 10.7. The van der Waals surface area contributed by atoms with Crippen molar-refractivity contribution < 1.29 is 0 Å². The SMILES string of the molecule is C/N=C(/SSN1CCCC(SC(C)C)C1)C(C)(C)CC(N)C(C)C. The minimum absolute atomic E-state index is 0.0397. The summed E-state index contributed by atoms with van der Waals surface area (Å²) in [6.07, 6.45) is 3.64. The van der Waals surface area contributed by atoms with Gasteiger partial charge in [0.25, 0.3) is 0 Å². The van der Waals surface area contributed by atoms with E-state index in [9.17, 15) is 0 Å². The highest BCUT2D eigenvalue weighted by Gasteiger charge is 2.30. The Morgan fingerprint density at radius 2 is 1.96 bits per heavy atom. The molecule has 3 nitrogen and oxygen atoms in total. The minimum atomic E-state index is 0.0397. The fourth-order valence-corrected chi connectivity index (χ4v) is 7.19. The first-order chi connectivity index (χ1) is 11.2. The maximum atomic E-state index is 6.31. The molecule has 0 bridgehead atoms. The molecule has 1 saturated heterocycles. The zero-order chi connectivity index (χ0) is 18.3. The number of aliphatic imine (C=N–C) groups is 1. The zero-order valence-corrected chi connectivity index (χ0v) is 19.0. The molecule has 142 valence electrons. The molecule has 1 heterocycles. The fraction of sp³-hybridized carbons (Fsp3) is 0.944. The first-order valence-electron chi connectivity index (χ1n) is 9.13. The van der Waals surface area contributed by atoms with Crippen LogP contribution in [0.4, 0.5) is 0 Å². The van der Waals surface area contributed by atoms with Crippen LogP contribution in [-0.4, -0.2) is 46.0 Å². The lowest BCUT2D eigenvalue weighted by Crippen LogP contribution is -2.36. The number of hydrogen-bond donors (Lipinski definition) is 1. The Balaban J connectivity index is 2.53. The second-order valence-corrected chi connectivity index (χ2v) is 12.1. The normalized spacial score (nSPS) is 22.4. The standard InChI is InChI=1S/C18H37N3S3/c1-13(2)16(19)11-18(5,6)17(20-7)23-24-21-10-8-9-15(12-21)22-14(3)4/h13-16H,8-12,19H2,1-7H3/b20-17+. The van der Waals surface area contributed by atoms with Gasteiger partial charge in [0.1, 0.15) is 0 Å². The van der Waals surface area contributed by atoms with E-state index in [0.29, 0.717) is 5.92 Å². The molecule has 0 saturated carbocycles. The van der Waals surface area contributed by atoms with Crippen LogP contribution in [0, 0.1) is 11.3 Å². The van der Waals surface area contributed by atoms with Gasteiger partial charge in [-0.25, -0.2) is 4.31 Å². The Bertz CT molecular complexity index is 397. The molecule has 0 amide bonds. The molecular weight excluding hydrogens is 354 g/mol. The van der Waals surface area contributed by atoms with Crippen LogP contribution in [0.15, 0.2) is 4.99 Å². The topological polar surface area (TPSA) is 41.6 Å². The molecule has 1 fully saturated rings. The van der Waals surface area contributed by atoms with Crippen molar-refractivity contribution in [2.24, 2.45) is 22.1 Å². The van der Waals surface area contributed by atoms with Gasteiger partial charge in [-0.3, -0.25) is 4.99 Å².